The maximum absolute atomic E-state index is 9.39. The molecular formula is C11H11BrN2O. The fourth-order valence-corrected chi connectivity index (χ4v) is 1.85. The van der Waals surface area contributed by atoms with Crippen LogP contribution < -0.4 is 0 Å². The van der Waals surface area contributed by atoms with Crippen LogP contribution in [0.1, 0.15) is 6.92 Å². The van der Waals surface area contributed by atoms with Gasteiger partial charge in [-0.3, -0.25) is 0 Å². The van der Waals surface area contributed by atoms with Crippen LogP contribution in [0.2, 0.25) is 0 Å². The number of aryl methyl sites for hydroxylation is 1. The van der Waals surface area contributed by atoms with Crippen LogP contribution in [0.3, 0.4) is 0 Å². The van der Waals surface area contributed by atoms with E-state index in [4.69, 9.17) is 0 Å². The lowest BCUT2D eigenvalue weighted by molar-refractivity contribution is 0.472. The second kappa shape index (κ2) is 4.06. The molecule has 78 valence electrons. The fourth-order valence-electron chi connectivity index (χ4n) is 1.47. The monoisotopic (exact) mass is 266 g/mol. The highest BCUT2D eigenvalue weighted by Crippen LogP contribution is 2.28. The Labute approximate surface area is 96.5 Å². The van der Waals surface area contributed by atoms with Gasteiger partial charge in [-0.2, -0.15) is 0 Å². The number of imidazole rings is 1. The second-order valence-corrected chi connectivity index (χ2v) is 4.06. The SMILES string of the molecule is CCn1ccnc1-c1ccc(O)c(Br)c1. The molecule has 15 heavy (non-hydrogen) atoms. The van der Waals surface area contributed by atoms with Gasteiger partial charge in [-0.15, -0.1) is 0 Å². The largest absolute Gasteiger partial charge is 0.507 e. The Morgan fingerprint density at radius 2 is 2.27 bits per heavy atom. The van der Waals surface area contributed by atoms with Gasteiger partial charge in [0.25, 0.3) is 0 Å². The molecule has 1 aromatic carbocycles. The molecule has 0 saturated carbocycles. The zero-order valence-electron chi connectivity index (χ0n) is 8.31. The van der Waals surface area contributed by atoms with Crippen LogP contribution in [0.25, 0.3) is 11.4 Å². The molecule has 2 aromatic rings. The molecule has 0 fully saturated rings. The lowest BCUT2D eigenvalue weighted by Crippen LogP contribution is -1.95. The van der Waals surface area contributed by atoms with E-state index in [1.165, 1.54) is 0 Å². The average molecular weight is 267 g/mol. The van der Waals surface area contributed by atoms with Gasteiger partial charge in [-0.25, -0.2) is 4.98 Å². The Balaban J connectivity index is 2.50. The first kappa shape index (κ1) is 10.2. The number of phenolic OH excluding ortho intramolecular Hbond substituents is 1. The lowest BCUT2D eigenvalue weighted by atomic mass is 10.2. The summed E-state index contributed by atoms with van der Waals surface area (Å²) in [6.07, 6.45) is 3.72. The van der Waals surface area contributed by atoms with E-state index in [1.54, 1.807) is 12.3 Å². The van der Waals surface area contributed by atoms with Gasteiger partial charge < -0.3 is 9.67 Å². The van der Waals surface area contributed by atoms with E-state index in [2.05, 4.69) is 32.4 Å². The third kappa shape index (κ3) is 1.90. The van der Waals surface area contributed by atoms with E-state index in [9.17, 15) is 5.11 Å². The minimum absolute atomic E-state index is 0.244. The quantitative estimate of drug-likeness (QED) is 0.908. The van der Waals surface area contributed by atoms with Crippen molar-refractivity contribution in [3.63, 3.8) is 0 Å². The Morgan fingerprint density at radius 3 is 2.93 bits per heavy atom. The molecule has 0 aliphatic heterocycles. The summed E-state index contributed by atoms with van der Waals surface area (Å²) in [6.45, 7) is 2.95. The predicted molar refractivity (Wildman–Crippen MR) is 62.7 cm³/mol. The van der Waals surface area contributed by atoms with Crippen LogP contribution in [0.15, 0.2) is 35.1 Å². The zero-order chi connectivity index (χ0) is 10.8. The molecule has 0 amide bonds. The number of hydrogen-bond donors (Lipinski definition) is 1. The van der Waals surface area contributed by atoms with Gasteiger partial charge in [-0.05, 0) is 41.1 Å². The summed E-state index contributed by atoms with van der Waals surface area (Å²) in [4.78, 5) is 4.29. The van der Waals surface area contributed by atoms with Crippen LogP contribution in [0.5, 0.6) is 5.75 Å². The Morgan fingerprint density at radius 1 is 1.47 bits per heavy atom. The number of nitrogens with zero attached hydrogens (tertiary/aromatic N) is 2. The highest BCUT2D eigenvalue weighted by atomic mass is 79.9. The predicted octanol–water partition coefficient (Wildman–Crippen LogP) is 3.04. The first-order valence-electron chi connectivity index (χ1n) is 4.72. The smallest absolute Gasteiger partial charge is 0.139 e. The van der Waals surface area contributed by atoms with Crippen molar-refractivity contribution in [2.24, 2.45) is 0 Å². The van der Waals surface area contributed by atoms with E-state index in [0.717, 1.165) is 17.9 Å². The van der Waals surface area contributed by atoms with Crippen molar-refractivity contribution in [1.82, 2.24) is 9.55 Å². The van der Waals surface area contributed by atoms with Gasteiger partial charge >= 0.3 is 0 Å². The van der Waals surface area contributed by atoms with Crippen LogP contribution in [0, 0.1) is 0 Å². The molecule has 1 N–H and O–H groups in total. The third-order valence-corrected chi connectivity index (χ3v) is 2.90. The van der Waals surface area contributed by atoms with Crippen LogP contribution in [0.4, 0.5) is 0 Å². The van der Waals surface area contributed by atoms with E-state index in [-0.39, 0.29) is 5.75 Å². The van der Waals surface area contributed by atoms with Gasteiger partial charge in [-0.1, -0.05) is 0 Å². The van der Waals surface area contributed by atoms with E-state index < -0.39 is 0 Å². The number of aromatic nitrogens is 2. The summed E-state index contributed by atoms with van der Waals surface area (Å²) in [5.41, 5.74) is 0.992. The summed E-state index contributed by atoms with van der Waals surface area (Å²) < 4.78 is 2.74. The summed E-state index contributed by atoms with van der Waals surface area (Å²) in [5.74, 6) is 1.16. The van der Waals surface area contributed by atoms with Gasteiger partial charge in [0.1, 0.15) is 11.6 Å². The number of aromatic hydroxyl groups is 1. The van der Waals surface area contributed by atoms with Gasteiger partial charge in [0.15, 0.2) is 0 Å². The molecule has 0 radical (unpaired) electrons. The first-order chi connectivity index (χ1) is 7.22. The molecule has 0 aliphatic rings. The van der Waals surface area contributed by atoms with Crippen molar-refractivity contribution in [2.75, 3.05) is 0 Å². The van der Waals surface area contributed by atoms with Crippen molar-refractivity contribution < 1.29 is 5.11 Å². The summed E-state index contributed by atoms with van der Waals surface area (Å²) in [6, 6.07) is 5.38. The summed E-state index contributed by atoms with van der Waals surface area (Å²) in [7, 11) is 0. The summed E-state index contributed by atoms with van der Waals surface area (Å²) in [5, 5.41) is 9.39. The molecule has 0 aliphatic carbocycles. The number of phenols is 1. The molecule has 4 heteroatoms. The van der Waals surface area contributed by atoms with Crippen molar-refractivity contribution in [2.45, 2.75) is 13.5 Å². The molecule has 0 spiro atoms. The Hall–Kier alpha value is -1.29. The normalized spacial score (nSPS) is 10.5. The topological polar surface area (TPSA) is 38.0 Å². The molecular weight excluding hydrogens is 256 g/mol. The van der Waals surface area contributed by atoms with Gasteiger partial charge in [0.05, 0.1) is 4.47 Å². The number of rotatable bonds is 2. The molecule has 0 unspecified atom stereocenters. The standard InChI is InChI=1S/C11H11BrN2O/c1-2-14-6-5-13-11(14)8-3-4-10(15)9(12)7-8/h3-7,15H,2H2,1H3. The minimum Gasteiger partial charge on any atom is -0.507 e. The van der Waals surface area contributed by atoms with Crippen molar-refractivity contribution in [3.05, 3.63) is 35.1 Å². The number of halogens is 1. The molecule has 1 heterocycles. The Bertz CT molecular complexity index is 479. The minimum atomic E-state index is 0.244. The van der Waals surface area contributed by atoms with Gasteiger partial charge in [0, 0.05) is 24.5 Å². The molecule has 0 saturated heterocycles. The second-order valence-electron chi connectivity index (χ2n) is 3.20. The first-order valence-corrected chi connectivity index (χ1v) is 5.51. The lowest BCUT2D eigenvalue weighted by Gasteiger charge is -2.05. The van der Waals surface area contributed by atoms with E-state index in [0.29, 0.717) is 4.47 Å². The highest BCUT2D eigenvalue weighted by Gasteiger charge is 2.06. The van der Waals surface area contributed by atoms with Crippen LogP contribution in [-0.4, -0.2) is 14.7 Å². The number of benzene rings is 1. The summed E-state index contributed by atoms with van der Waals surface area (Å²) >= 11 is 3.29. The fraction of sp³-hybridized carbons (Fsp3) is 0.182. The van der Waals surface area contributed by atoms with E-state index in [1.807, 2.05) is 18.3 Å². The van der Waals surface area contributed by atoms with Crippen LogP contribution >= 0.6 is 15.9 Å². The van der Waals surface area contributed by atoms with Crippen molar-refractivity contribution in [3.8, 4) is 17.1 Å². The van der Waals surface area contributed by atoms with Crippen LogP contribution in [-0.2, 0) is 6.54 Å². The Kier molecular flexibility index (Phi) is 2.77. The third-order valence-electron chi connectivity index (χ3n) is 2.26. The zero-order valence-corrected chi connectivity index (χ0v) is 9.90. The van der Waals surface area contributed by atoms with Crippen molar-refractivity contribution in [1.29, 1.82) is 0 Å². The maximum Gasteiger partial charge on any atom is 0.139 e. The number of hydrogen-bond acceptors (Lipinski definition) is 2. The van der Waals surface area contributed by atoms with E-state index >= 15 is 0 Å². The van der Waals surface area contributed by atoms with Crippen molar-refractivity contribution >= 4 is 15.9 Å². The molecule has 1 aromatic heterocycles. The molecule has 3 nitrogen and oxygen atoms in total. The van der Waals surface area contributed by atoms with Gasteiger partial charge in [0.2, 0.25) is 0 Å². The average Bonchev–Trinajstić information content (AvgIpc) is 2.70. The molecule has 0 atom stereocenters. The highest BCUT2D eigenvalue weighted by molar-refractivity contribution is 9.10. The molecule has 2 rings (SSSR count). The maximum atomic E-state index is 9.39. The molecule has 0 bridgehead atoms.